The molecule has 0 amide bonds. The Kier molecular flexibility index (Phi) is 2.48. The van der Waals surface area contributed by atoms with E-state index in [2.05, 4.69) is 11.9 Å². The lowest BCUT2D eigenvalue weighted by Crippen LogP contribution is -1.91. The van der Waals surface area contributed by atoms with Crippen molar-refractivity contribution in [3.63, 3.8) is 0 Å². The highest BCUT2D eigenvalue weighted by molar-refractivity contribution is 7.13. The maximum atomic E-state index is 12.9. The maximum absolute atomic E-state index is 12.9. The van der Waals surface area contributed by atoms with E-state index < -0.39 is 17.5 Å². The summed E-state index contributed by atoms with van der Waals surface area (Å²) in [5.74, 6) is -3.90. The van der Waals surface area contributed by atoms with Crippen LogP contribution in [0.1, 0.15) is 5.69 Å². The number of aromatic nitrogens is 1. The zero-order chi connectivity index (χ0) is 11.0. The summed E-state index contributed by atoms with van der Waals surface area (Å²) in [6, 6.07) is 1.83. The highest BCUT2D eigenvalue weighted by atomic mass is 32.1. The topological polar surface area (TPSA) is 12.9 Å². The fourth-order valence-electron chi connectivity index (χ4n) is 1.12. The van der Waals surface area contributed by atoms with E-state index in [0.717, 1.165) is 12.1 Å². The van der Waals surface area contributed by atoms with Gasteiger partial charge in [0.2, 0.25) is 0 Å². The van der Waals surface area contributed by atoms with Gasteiger partial charge in [-0.3, -0.25) is 0 Å². The van der Waals surface area contributed by atoms with E-state index in [1.165, 1.54) is 11.3 Å². The third-order valence-corrected chi connectivity index (χ3v) is 2.72. The molecule has 0 bridgehead atoms. The molecule has 0 saturated heterocycles. The smallest absolute Gasteiger partial charge is 0.194 e. The molecule has 5 heteroatoms. The average molecular weight is 228 g/mol. The number of benzene rings is 1. The Balaban J connectivity index is 2.55. The fourth-order valence-corrected chi connectivity index (χ4v) is 1.84. The SMILES string of the molecule is [CH2]c1csc(-c2cc(F)c(F)c(F)c2)n1. The highest BCUT2D eigenvalue weighted by Crippen LogP contribution is 2.26. The first kappa shape index (κ1) is 10.2. The van der Waals surface area contributed by atoms with Gasteiger partial charge in [-0.25, -0.2) is 18.2 Å². The van der Waals surface area contributed by atoms with Crippen molar-refractivity contribution < 1.29 is 13.2 Å². The molecule has 77 valence electrons. The van der Waals surface area contributed by atoms with Gasteiger partial charge in [-0.05, 0) is 19.1 Å². The molecular formula is C10H5F3NS. The zero-order valence-electron chi connectivity index (χ0n) is 7.43. The van der Waals surface area contributed by atoms with Gasteiger partial charge in [0.25, 0.3) is 0 Å². The Hall–Kier alpha value is -1.36. The van der Waals surface area contributed by atoms with Crippen molar-refractivity contribution in [2.45, 2.75) is 0 Å². The first-order valence-corrected chi connectivity index (χ1v) is 4.88. The van der Waals surface area contributed by atoms with E-state index in [1.807, 2.05) is 0 Å². The van der Waals surface area contributed by atoms with Crippen molar-refractivity contribution in [3.05, 3.63) is 47.6 Å². The molecule has 1 aromatic carbocycles. The molecule has 0 aliphatic carbocycles. The molecule has 1 heterocycles. The van der Waals surface area contributed by atoms with E-state index in [0.29, 0.717) is 10.7 Å². The van der Waals surface area contributed by atoms with Gasteiger partial charge in [0.05, 0.1) is 5.69 Å². The van der Waals surface area contributed by atoms with Crippen LogP contribution in [0.3, 0.4) is 0 Å². The Morgan fingerprint density at radius 1 is 1.13 bits per heavy atom. The third-order valence-electron chi connectivity index (χ3n) is 1.78. The van der Waals surface area contributed by atoms with Crippen LogP contribution in [0.4, 0.5) is 13.2 Å². The van der Waals surface area contributed by atoms with Crippen LogP contribution < -0.4 is 0 Å². The predicted molar refractivity (Wildman–Crippen MR) is 51.9 cm³/mol. The summed E-state index contributed by atoms with van der Waals surface area (Å²) < 4.78 is 38.4. The number of halogens is 3. The summed E-state index contributed by atoms with van der Waals surface area (Å²) in [5.41, 5.74) is 0.728. The summed E-state index contributed by atoms with van der Waals surface area (Å²) in [7, 11) is 0. The normalized spacial score (nSPS) is 10.7. The second-order valence-electron chi connectivity index (χ2n) is 2.90. The van der Waals surface area contributed by atoms with Crippen molar-refractivity contribution in [1.82, 2.24) is 4.98 Å². The van der Waals surface area contributed by atoms with E-state index in [1.54, 1.807) is 5.38 Å². The number of thiazole rings is 1. The largest absolute Gasteiger partial charge is 0.241 e. The minimum Gasteiger partial charge on any atom is -0.241 e. The van der Waals surface area contributed by atoms with E-state index in [9.17, 15) is 13.2 Å². The lowest BCUT2D eigenvalue weighted by atomic mass is 10.2. The van der Waals surface area contributed by atoms with Crippen LogP contribution in [0.15, 0.2) is 17.5 Å². The van der Waals surface area contributed by atoms with E-state index in [-0.39, 0.29) is 5.56 Å². The quantitative estimate of drug-likeness (QED) is 0.681. The van der Waals surface area contributed by atoms with Gasteiger partial charge in [0.15, 0.2) is 17.5 Å². The van der Waals surface area contributed by atoms with Gasteiger partial charge in [-0.2, -0.15) is 0 Å². The number of hydrogen-bond donors (Lipinski definition) is 0. The van der Waals surface area contributed by atoms with Crippen molar-refractivity contribution >= 4 is 11.3 Å². The fraction of sp³-hybridized carbons (Fsp3) is 0. The summed E-state index contributed by atoms with van der Waals surface area (Å²) in [4.78, 5) is 3.94. The minimum absolute atomic E-state index is 0.214. The molecule has 0 saturated carbocycles. The highest BCUT2D eigenvalue weighted by Gasteiger charge is 2.12. The van der Waals surface area contributed by atoms with Crippen LogP contribution in [0, 0.1) is 24.4 Å². The summed E-state index contributed by atoms with van der Waals surface area (Å²) in [5, 5.41) is 2.06. The standard InChI is InChI=1S/C10H5F3NS/c1-5-4-15-10(14-5)6-2-7(11)9(13)8(12)3-6/h2-4H,1H2. The monoisotopic (exact) mass is 228 g/mol. The Morgan fingerprint density at radius 2 is 1.73 bits per heavy atom. The molecule has 0 N–H and O–H groups in total. The maximum Gasteiger partial charge on any atom is 0.194 e. The molecule has 0 aliphatic rings. The summed E-state index contributed by atoms with van der Waals surface area (Å²) >= 11 is 1.20. The molecule has 2 rings (SSSR count). The zero-order valence-corrected chi connectivity index (χ0v) is 8.25. The molecule has 1 radical (unpaired) electrons. The first-order valence-electron chi connectivity index (χ1n) is 4.00. The van der Waals surface area contributed by atoms with Crippen LogP contribution in [0.5, 0.6) is 0 Å². The molecule has 0 fully saturated rings. The number of rotatable bonds is 1. The van der Waals surface area contributed by atoms with Gasteiger partial charge < -0.3 is 0 Å². The van der Waals surface area contributed by atoms with Crippen LogP contribution in [-0.4, -0.2) is 4.98 Å². The molecule has 1 nitrogen and oxygen atoms in total. The molecule has 0 aliphatic heterocycles. The predicted octanol–water partition coefficient (Wildman–Crippen LogP) is 3.41. The lowest BCUT2D eigenvalue weighted by Gasteiger charge is -1.99. The van der Waals surface area contributed by atoms with Gasteiger partial charge >= 0.3 is 0 Å². The minimum atomic E-state index is -1.47. The van der Waals surface area contributed by atoms with E-state index in [4.69, 9.17) is 0 Å². The van der Waals surface area contributed by atoms with Crippen LogP contribution in [0.2, 0.25) is 0 Å². The van der Waals surface area contributed by atoms with Crippen molar-refractivity contribution in [1.29, 1.82) is 0 Å². The molecule has 0 atom stereocenters. The van der Waals surface area contributed by atoms with Gasteiger partial charge in [-0.1, -0.05) is 0 Å². The van der Waals surface area contributed by atoms with Crippen molar-refractivity contribution in [3.8, 4) is 10.6 Å². The van der Waals surface area contributed by atoms with Crippen LogP contribution in [0.25, 0.3) is 10.6 Å². The average Bonchev–Trinajstić information content (AvgIpc) is 2.60. The summed E-state index contributed by atoms with van der Waals surface area (Å²) in [6.45, 7) is 3.57. The first-order chi connectivity index (χ1) is 7.08. The molecule has 0 unspecified atom stereocenters. The van der Waals surface area contributed by atoms with Gasteiger partial charge in [0, 0.05) is 10.9 Å². The van der Waals surface area contributed by atoms with E-state index >= 15 is 0 Å². The molecule has 15 heavy (non-hydrogen) atoms. The third kappa shape index (κ3) is 1.87. The molecule has 1 aromatic heterocycles. The van der Waals surface area contributed by atoms with Gasteiger partial charge in [0.1, 0.15) is 5.01 Å². The van der Waals surface area contributed by atoms with Crippen molar-refractivity contribution in [2.75, 3.05) is 0 Å². The summed E-state index contributed by atoms with van der Waals surface area (Å²) in [6.07, 6.45) is 0. The lowest BCUT2D eigenvalue weighted by molar-refractivity contribution is 0.447. The van der Waals surface area contributed by atoms with Crippen LogP contribution in [-0.2, 0) is 0 Å². The Morgan fingerprint density at radius 3 is 2.20 bits per heavy atom. The number of hydrogen-bond acceptors (Lipinski definition) is 2. The van der Waals surface area contributed by atoms with Crippen LogP contribution >= 0.6 is 11.3 Å². The molecule has 2 aromatic rings. The molecule has 0 spiro atoms. The number of nitrogens with zero attached hydrogens (tertiary/aromatic N) is 1. The van der Waals surface area contributed by atoms with Crippen molar-refractivity contribution in [2.24, 2.45) is 0 Å². The van der Waals surface area contributed by atoms with Gasteiger partial charge in [-0.15, -0.1) is 11.3 Å². The Bertz CT molecular complexity index is 484. The second-order valence-corrected chi connectivity index (χ2v) is 3.76. The Labute approximate surface area is 88.2 Å². The molecular weight excluding hydrogens is 223 g/mol. The second kappa shape index (κ2) is 3.66.